The van der Waals surface area contributed by atoms with E-state index in [1.165, 1.54) is 11.8 Å². The molecule has 0 aliphatic carbocycles. The Morgan fingerprint density at radius 3 is 2.56 bits per heavy atom. The standard InChI is InChI=1S/C24H24N2O4S2/c1-16-3-8-20(17(2)13-16)26-23(28)21(32-24(26)31)14-18-4-6-19(7-5-18)30-15-22(27)25-9-11-29-12-10-25/h3-8,13-14H,9-12,15H2,1-2H3/b21-14-. The van der Waals surface area contributed by atoms with Gasteiger partial charge >= 0.3 is 0 Å². The van der Waals surface area contributed by atoms with Gasteiger partial charge in [0.2, 0.25) is 0 Å². The molecule has 0 N–H and O–H groups in total. The van der Waals surface area contributed by atoms with Gasteiger partial charge in [-0.05, 0) is 49.2 Å². The minimum absolute atomic E-state index is 0.00605. The molecule has 6 nitrogen and oxygen atoms in total. The fraction of sp³-hybridized carbons (Fsp3) is 0.292. The van der Waals surface area contributed by atoms with Crippen molar-refractivity contribution >= 4 is 51.9 Å². The Hall–Kier alpha value is -2.68. The Bertz CT molecular complexity index is 1080. The molecule has 166 valence electrons. The lowest BCUT2D eigenvalue weighted by Gasteiger charge is -2.26. The fourth-order valence-electron chi connectivity index (χ4n) is 3.59. The molecule has 32 heavy (non-hydrogen) atoms. The zero-order chi connectivity index (χ0) is 22.7. The summed E-state index contributed by atoms with van der Waals surface area (Å²) < 4.78 is 11.4. The van der Waals surface area contributed by atoms with Crippen molar-refractivity contribution in [3.8, 4) is 5.75 Å². The van der Waals surface area contributed by atoms with E-state index in [0.717, 1.165) is 22.4 Å². The van der Waals surface area contributed by atoms with Gasteiger partial charge in [-0.25, -0.2) is 0 Å². The van der Waals surface area contributed by atoms with Crippen LogP contribution in [0.5, 0.6) is 5.75 Å². The quantitative estimate of drug-likeness (QED) is 0.489. The molecule has 2 aromatic rings. The number of morpholine rings is 1. The van der Waals surface area contributed by atoms with Crippen molar-refractivity contribution in [3.63, 3.8) is 0 Å². The lowest BCUT2D eigenvalue weighted by molar-refractivity contribution is -0.137. The van der Waals surface area contributed by atoms with Gasteiger partial charge < -0.3 is 14.4 Å². The summed E-state index contributed by atoms with van der Waals surface area (Å²) in [6.45, 7) is 6.32. The van der Waals surface area contributed by atoms with Crippen LogP contribution < -0.4 is 9.64 Å². The number of nitrogens with zero attached hydrogens (tertiary/aromatic N) is 2. The number of amides is 2. The van der Waals surface area contributed by atoms with E-state index in [4.69, 9.17) is 21.7 Å². The first-order valence-electron chi connectivity index (χ1n) is 10.4. The van der Waals surface area contributed by atoms with E-state index in [1.54, 1.807) is 21.9 Å². The molecule has 2 aliphatic heterocycles. The van der Waals surface area contributed by atoms with Crippen molar-refractivity contribution in [1.29, 1.82) is 0 Å². The Morgan fingerprint density at radius 1 is 1.16 bits per heavy atom. The van der Waals surface area contributed by atoms with Crippen LogP contribution in [0.4, 0.5) is 5.69 Å². The molecule has 8 heteroatoms. The molecule has 2 aliphatic rings. The SMILES string of the molecule is Cc1ccc(N2C(=O)/C(=C/c3ccc(OCC(=O)N4CCOCC4)cc3)SC2=S)c(C)c1. The number of rotatable bonds is 5. The van der Waals surface area contributed by atoms with Crippen molar-refractivity contribution in [2.45, 2.75) is 13.8 Å². The predicted octanol–water partition coefficient (Wildman–Crippen LogP) is 3.95. The van der Waals surface area contributed by atoms with Crippen LogP contribution in [0.3, 0.4) is 0 Å². The van der Waals surface area contributed by atoms with E-state index < -0.39 is 0 Å². The number of thioether (sulfide) groups is 1. The van der Waals surface area contributed by atoms with Crippen LogP contribution in [0, 0.1) is 13.8 Å². The second-order valence-corrected chi connectivity index (χ2v) is 9.33. The average Bonchev–Trinajstić information content (AvgIpc) is 3.06. The summed E-state index contributed by atoms with van der Waals surface area (Å²) in [7, 11) is 0. The number of aryl methyl sites for hydroxylation is 2. The van der Waals surface area contributed by atoms with Gasteiger partial charge in [0, 0.05) is 13.1 Å². The molecule has 0 unspecified atom stereocenters. The topological polar surface area (TPSA) is 59.1 Å². The van der Waals surface area contributed by atoms with E-state index in [1.807, 2.05) is 50.3 Å². The second-order valence-electron chi connectivity index (χ2n) is 7.66. The number of hydrogen-bond donors (Lipinski definition) is 0. The molecule has 2 fully saturated rings. The van der Waals surface area contributed by atoms with Crippen molar-refractivity contribution < 1.29 is 19.1 Å². The number of benzene rings is 2. The van der Waals surface area contributed by atoms with Gasteiger partial charge in [-0.3, -0.25) is 14.5 Å². The van der Waals surface area contributed by atoms with Crippen LogP contribution in [0.25, 0.3) is 6.08 Å². The summed E-state index contributed by atoms with van der Waals surface area (Å²) in [5.41, 5.74) is 3.82. The van der Waals surface area contributed by atoms with E-state index in [9.17, 15) is 9.59 Å². The van der Waals surface area contributed by atoms with Gasteiger partial charge in [-0.15, -0.1) is 0 Å². The number of ether oxygens (including phenoxy) is 2. The van der Waals surface area contributed by atoms with Crippen LogP contribution in [-0.2, 0) is 14.3 Å². The molecule has 0 saturated carbocycles. The maximum Gasteiger partial charge on any atom is 0.270 e. The number of thiocarbonyl (C=S) groups is 1. The van der Waals surface area contributed by atoms with Gasteiger partial charge in [0.05, 0.1) is 23.8 Å². The van der Waals surface area contributed by atoms with Crippen molar-refractivity contribution in [1.82, 2.24) is 4.90 Å². The lowest BCUT2D eigenvalue weighted by Crippen LogP contribution is -2.42. The van der Waals surface area contributed by atoms with Gasteiger partial charge in [-0.2, -0.15) is 0 Å². The predicted molar refractivity (Wildman–Crippen MR) is 131 cm³/mol. The lowest BCUT2D eigenvalue weighted by atomic mass is 10.1. The normalized spacial score (nSPS) is 17.9. The molecule has 0 bridgehead atoms. The molecule has 2 aromatic carbocycles. The van der Waals surface area contributed by atoms with E-state index in [2.05, 4.69) is 0 Å². The monoisotopic (exact) mass is 468 g/mol. The van der Waals surface area contributed by atoms with E-state index in [-0.39, 0.29) is 18.4 Å². The number of anilines is 1. The highest BCUT2D eigenvalue weighted by atomic mass is 32.2. The zero-order valence-electron chi connectivity index (χ0n) is 18.0. The third-order valence-corrected chi connectivity index (χ3v) is 6.59. The molecule has 2 amide bonds. The Labute approximate surface area is 197 Å². The fourth-order valence-corrected chi connectivity index (χ4v) is 4.88. The molecule has 0 atom stereocenters. The van der Waals surface area contributed by atoms with Crippen LogP contribution >= 0.6 is 24.0 Å². The van der Waals surface area contributed by atoms with Crippen LogP contribution in [0.15, 0.2) is 47.4 Å². The van der Waals surface area contributed by atoms with Gasteiger partial charge in [0.15, 0.2) is 10.9 Å². The highest BCUT2D eigenvalue weighted by molar-refractivity contribution is 8.27. The zero-order valence-corrected chi connectivity index (χ0v) is 19.6. The number of carbonyl (C=O) groups is 2. The Balaban J connectivity index is 1.41. The second kappa shape index (κ2) is 9.85. The van der Waals surface area contributed by atoms with Gasteiger partial charge in [0.25, 0.3) is 11.8 Å². The van der Waals surface area contributed by atoms with Gasteiger partial charge in [-0.1, -0.05) is 53.8 Å². The van der Waals surface area contributed by atoms with E-state index in [0.29, 0.717) is 41.3 Å². The molecule has 0 radical (unpaired) electrons. The molecule has 2 saturated heterocycles. The summed E-state index contributed by atoms with van der Waals surface area (Å²) in [4.78, 5) is 29.1. The van der Waals surface area contributed by atoms with E-state index >= 15 is 0 Å². The Morgan fingerprint density at radius 2 is 1.88 bits per heavy atom. The Kier molecular flexibility index (Phi) is 6.93. The summed E-state index contributed by atoms with van der Waals surface area (Å²) in [6.07, 6.45) is 1.82. The molecular formula is C24H24N2O4S2. The maximum atomic E-state index is 13.0. The largest absolute Gasteiger partial charge is 0.484 e. The molecule has 0 spiro atoms. The third-order valence-electron chi connectivity index (χ3n) is 5.29. The number of carbonyl (C=O) groups excluding carboxylic acids is 2. The van der Waals surface area contributed by atoms with Crippen LogP contribution in [0.1, 0.15) is 16.7 Å². The first-order chi connectivity index (χ1) is 15.4. The summed E-state index contributed by atoms with van der Waals surface area (Å²) in [6, 6.07) is 13.3. The number of hydrogen-bond acceptors (Lipinski definition) is 6. The van der Waals surface area contributed by atoms with Crippen LogP contribution in [-0.4, -0.2) is 53.9 Å². The summed E-state index contributed by atoms with van der Waals surface area (Å²) >= 11 is 6.78. The van der Waals surface area contributed by atoms with Gasteiger partial charge in [0.1, 0.15) is 5.75 Å². The highest BCUT2D eigenvalue weighted by Gasteiger charge is 2.34. The average molecular weight is 469 g/mol. The molecule has 0 aromatic heterocycles. The minimum Gasteiger partial charge on any atom is -0.484 e. The maximum absolute atomic E-state index is 13.0. The van der Waals surface area contributed by atoms with Crippen molar-refractivity contribution in [3.05, 3.63) is 64.1 Å². The molecular weight excluding hydrogens is 444 g/mol. The smallest absolute Gasteiger partial charge is 0.270 e. The third kappa shape index (κ3) is 5.03. The first-order valence-corrected chi connectivity index (χ1v) is 11.6. The summed E-state index contributed by atoms with van der Waals surface area (Å²) in [5, 5.41) is 0. The highest BCUT2D eigenvalue weighted by Crippen LogP contribution is 2.37. The minimum atomic E-state index is -0.122. The van der Waals surface area contributed by atoms with Crippen molar-refractivity contribution in [2.24, 2.45) is 0 Å². The first kappa shape index (κ1) is 22.5. The van der Waals surface area contributed by atoms with Crippen LogP contribution in [0.2, 0.25) is 0 Å². The molecule has 2 heterocycles. The summed E-state index contributed by atoms with van der Waals surface area (Å²) in [5.74, 6) is 0.433. The molecule has 4 rings (SSSR count). The van der Waals surface area contributed by atoms with Crippen molar-refractivity contribution in [2.75, 3.05) is 37.8 Å².